The van der Waals surface area contributed by atoms with Gasteiger partial charge in [-0.3, -0.25) is 24.1 Å². The molecule has 8 nitrogen and oxygen atoms in total. The Balaban J connectivity index is 1.02. The molecule has 232 valence electrons. The Morgan fingerprint density at radius 2 is 1.24 bits per heavy atom. The van der Waals surface area contributed by atoms with Gasteiger partial charge in [-0.05, 0) is 129 Å². The average molecular weight is 616 g/mol. The zero-order valence-electron chi connectivity index (χ0n) is 25.8. The van der Waals surface area contributed by atoms with E-state index in [2.05, 4.69) is 0 Å². The lowest BCUT2D eigenvalue weighted by Crippen LogP contribution is -2.38. The normalized spacial score (nSPS) is 21.8. The highest BCUT2D eigenvalue weighted by atomic mass is 16.5. The van der Waals surface area contributed by atoms with Gasteiger partial charge in [-0.2, -0.15) is 0 Å². The number of hydrogen-bond donors (Lipinski definition) is 0. The molecule has 2 amide bonds. The molecule has 4 aromatic rings. The van der Waals surface area contributed by atoms with Crippen molar-refractivity contribution in [3.8, 4) is 11.5 Å². The molecule has 46 heavy (non-hydrogen) atoms. The number of amides is 2. The summed E-state index contributed by atoms with van der Waals surface area (Å²) in [6.45, 7) is 4.89. The molecule has 8 heteroatoms. The van der Waals surface area contributed by atoms with Gasteiger partial charge in [-0.15, -0.1) is 0 Å². The molecule has 7 rings (SSSR count). The van der Waals surface area contributed by atoms with Crippen molar-refractivity contribution in [2.24, 2.45) is 23.7 Å². The molecule has 2 bridgehead atoms. The summed E-state index contributed by atoms with van der Waals surface area (Å²) in [5.41, 5.74) is 0.645. The van der Waals surface area contributed by atoms with Crippen LogP contribution in [0.2, 0.25) is 0 Å². The fourth-order valence-electron chi connectivity index (χ4n) is 7.45. The van der Waals surface area contributed by atoms with E-state index in [9.17, 15) is 24.0 Å². The van der Waals surface area contributed by atoms with Gasteiger partial charge >= 0.3 is 5.97 Å². The summed E-state index contributed by atoms with van der Waals surface area (Å²) in [5.74, 6) is -0.0140. The molecule has 2 aliphatic carbocycles. The van der Waals surface area contributed by atoms with Crippen LogP contribution in [0, 0.1) is 23.7 Å². The van der Waals surface area contributed by atoms with E-state index < -0.39 is 11.6 Å². The second-order valence-corrected chi connectivity index (χ2v) is 13.1. The maximum absolute atomic E-state index is 13.4. The van der Waals surface area contributed by atoms with E-state index in [-0.39, 0.29) is 35.2 Å². The smallest absolute Gasteiger partial charge is 0.343 e. The van der Waals surface area contributed by atoms with Crippen LogP contribution in [0.5, 0.6) is 11.5 Å². The third-order valence-electron chi connectivity index (χ3n) is 9.75. The quantitative estimate of drug-likeness (QED) is 0.0925. The Morgan fingerprint density at radius 1 is 0.696 bits per heavy atom. The first kappa shape index (κ1) is 29.6. The predicted octanol–water partition coefficient (Wildman–Crippen LogP) is 6.84. The number of esters is 1. The second-order valence-electron chi connectivity index (χ2n) is 13.1. The van der Waals surface area contributed by atoms with Gasteiger partial charge in [0.2, 0.25) is 17.6 Å². The molecule has 4 aromatic carbocycles. The average Bonchev–Trinajstić information content (AvgIpc) is 3.74. The topological polar surface area (TPSA) is 107 Å². The number of rotatable bonds is 8. The van der Waals surface area contributed by atoms with Gasteiger partial charge in [0.1, 0.15) is 11.5 Å². The van der Waals surface area contributed by atoms with Crippen LogP contribution in [-0.4, -0.2) is 35.0 Å². The Kier molecular flexibility index (Phi) is 7.11. The molecule has 1 heterocycles. The highest BCUT2D eigenvalue weighted by Gasteiger charge is 2.61. The lowest BCUT2D eigenvalue weighted by molar-refractivity contribution is -0.123. The molecule has 3 aliphatic rings. The van der Waals surface area contributed by atoms with E-state index in [0.717, 1.165) is 30.0 Å². The van der Waals surface area contributed by atoms with Crippen molar-refractivity contribution in [3.63, 3.8) is 0 Å². The number of Topliss-reactive ketones (excluding diaryl/α,β-unsaturated/α-hetero) is 2. The first-order chi connectivity index (χ1) is 22.0. The molecule has 0 aromatic heterocycles. The van der Waals surface area contributed by atoms with Gasteiger partial charge in [0.25, 0.3) is 0 Å². The van der Waals surface area contributed by atoms with Crippen molar-refractivity contribution in [1.29, 1.82) is 0 Å². The molecule has 2 saturated carbocycles. The van der Waals surface area contributed by atoms with Crippen LogP contribution >= 0.6 is 0 Å². The SMILES string of the molecule is CC(=O)c1ccc(OC(C)(C)C(=O)c2ccc3cc(OC(=O)c4ccc(N5C(=O)C6C7CCC(C7)C6C5=O)cc4)ccc3c2)cc1. The van der Waals surface area contributed by atoms with Gasteiger partial charge in [0, 0.05) is 11.1 Å². The minimum absolute atomic E-state index is 0.0483. The van der Waals surface area contributed by atoms with Crippen molar-refractivity contribution >= 4 is 45.8 Å². The highest BCUT2D eigenvalue weighted by Crippen LogP contribution is 2.56. The maximum Gasteiger partial charge on any atom is 0.343 e. The van der Waals surface area contributed by atoms with Crippen LogP contribution in [0.1, 0.15) is 71.1 Å². The monoisotopic (exact) mass is 615 g/mol. The van der Waals surface area contributed by atoms with Crippen molar-refractivity contribution < 1.29 is 33.4 Å². The zero-order chi connectivity index (χ0) is 32.3. The number of ketones is 2. The molecular weight excluding hydrogens is 582 g/mol. The second kappa shape index (κ2) is 11.1. The van der Waals surface area contributed by atoms with Gasteiger partial charge in [0.15, 0.2) is 11.4 Å². The summed E-state index contributed by atoms with van der Waals surface area (Å²) in [5, 5.41) is 1.57. The van der Waals surface area contributed by atoms with Gasteiger partial charge in [-0.1, -0.05) is 18.2 Å². The number of carbonyl (C=O) groups excluding carboxylic acids is 5. The van der Waals surface area contributed by atoms with Gasteiger partial charge < -0.3 is 9.47 Å². The molecule has 0 spiro atoms. The molecule has 0 N–H and O–H groups in total. The Bertz CT molecular complexity index is 1900. The van der Waals surface area contributed by atoms with E-state index in [1.807, 2.05) is 0 Å². The summed E-state index contributed by atoms with van der Waals surface area (Å²) in [7, 11) is 0. The fourth-order valence-corrected chi connectivity index (χ4v) is 7.45. The highest BCUT2D eigenvalue weighted by molar-refractivity contribution is 6.22. The zero-order valence-corrected chi connectivity index (χ0v) is 25.8. The molecule has 3 fully saturated rings. The summed E-state index contributed by atoms with van der Waals surface area (Å²) < 4.78 is 11.6. The Labute approximate surface area is 266 Å². The number of fused-ring (bicyclic) bond motifs is 6. The summed E-state index contributed by atoms with van der Waals surface area (Å²) >= 11 is 0. The first-order valence-corrected chi connectivity index (χ1v) is 15.6. The standard InChI is InChI=1S/C38H33NO7/c1-21(40)22-10-15-30(16-11-22)46-38(2,3)34(41)28-7-4-25-20-31(17-12-24(25)18-28)45-37(44)23-8-13-29(14-9-23)39-35(42)32-26-5-6-27(19-26)33(32)36(39)43/h4,7-18,20,26-27,32-33H,5-6,19H2,1-3H3. The molecule has 1 saturated heterocycles. The van der Waals surface area contributed by atoms with Crippen LogP contribution in [0.3, 0.4) is 0 Å². The third-order valence-corrected chi connectivity index (χ3v) is 9.75. The number of ether oxygens (including phenoxy) is 2. The van der Waals surface area contributed by atoms with E-state index >= 15 is 0 Å². The van der Waals surface area contributed by atoms with Crippen LogP contribution in [0.25, 0.3) is 10.8 Å². The molecular formula is C38H33NO7. The Morgan fingerprint density at radius 3 is 1.87 bits per heavy atom. The maximum atomic E-state index is 13.4. The molecule has 4 unspecified atom stereocenters. The predicted molar refractivity (Wildman–Crippen MR) is 171 cm³/mol. The number of carbonyl (C=O) groups is 5. The minimum Gasteiger partial charge on any atom is -0.480 e. The molecule has 0 radical (unpaired) electrons. The van der Waals surface area contributed by atoms with Gasteiger partial charge in [0.05, 0.1) is 23.1 Å². The van der Waals surface area contributed by atoms with Crippen LogP contribution in [0.15, 0.2) is 84.9 Å². The first-order valence-electron chi connectivity index (χ1n) is 15.6. The van der Waals surface area contributed by atoms with E-state index in [4.69, 9.17) is 9.47 Å². The minimum atomic E-state index is -1.16. The van der Waals surface area contributed by atoms with Crippen molar-refractivity contribution in [2.75, 3.05) is 4.90 Å². The molecule has 4 atom stereocenters. The van der Waals surface area contributed by atoms with Crippen LogP contribution in [0.4, 0.5) is 5.69 Å². The van der Waals surface area contributed by atoms with Crippen molar-refractivity contribution in [1.82, 2.24) is 0 Å². The van der Waals surface area contributed by atoms with Crippen molar-refractivity contribution in [3.05, 3.63) is 102 Å². The lowest BCUT2D eigenvalue weighted by atomic mass is 9.81. The van der Waals surface area contributed by atoms with Crippen molar-refractivity contribution in [2.45, 2.75) is 45.6 Å². The number of benzene rings is 4. The van der Waals surface area contributed by atoms with Crippen LogP contribution < -0.4 is 14.4 Å². The third kappa shape index (κ3) is 5.07. The lowest BCUT2D eigenvalue weighted by Gasteiger charge is -2.25. The summed E-state index contributed by atoms with van der Waals surface area (Å²) in [6.07, 6.45) is 3.02. The Hall–Kier alpha value is -5.11. The number of anilines is 1. The largest absolute Gasteiger partial charge is 0.480 e. The number of hydrogen-bond acceptors (Lipinski definition) is 7. The van der Waals surface area contributed by atoms with Crippen LogP contribution in [-0.2, 0) is 9.59 Å². The molecule has 1 aliphatic heterocycles. The van der Waals surface area contributed by atoms with E-state index in [1.165, 1.54) is 11.8 Å². The summed E-state index contributed by atoms with van der Waals surface area (Å²) in [4.78, 5) is 65.5. The number of imide groups is 1. The van der Waals surface area contributed by atoms with E-state index in [1.54, 1.807) is 98.8 Å². The van der Waals surface area contributed by atoms with Gasteiger partial charge in [-0.25, -0.2) is 4.79 Å². The summed E-state index contributed by atoms with van der Waals surface area (Å²) in [6, 6.07) is 23.5. The number of nitrogens with zero attached hydrogens (tertiary/aromatic N) is 1. The van der Waals surface area contributed by atoms with E-state index in [0.29, 0.717) is 45.7 Å². The fraction of sp³-hybridized carbons (Fsp3) is 0.289.